The third-order valence-corrected chi connectivity index (χ3v) is 6.83. The van der Waals surface area contributed by atoms with E-state index in [1.54, 1.807) is 13.0 Å². The number of benzene rings is 1. The van der Waals surface area contributed by atoms with Crippen LogP contribution in [0.1, 0.15) is 11.1 Å². The number of aryl methyl sites for hydroxylation is 1. The number of hydrogen-bond donors (Lipinski definition) is 1. The van der Waals surface area contributed by atoms with E-state index in [0.717, 1.165) is 22.5 Å². The fourth-order valence-corrected chi connectivity index (χ4v) is 5.15. The molecule has 0 atom stereocenters. The Bertz CT molecular complexity index is 679. The van der Waals surface area contributed by atoms with Crippen LogP contribution in [0.3, 0.4) is 0 Å². The molecule has 114 valence electrons. The van der Waals surface area contributed by atoms with Gasteiger partial charge in [0.05, 0.1) is 10.9 Å². The maximum absolute atomic E-state index is 12.7. The molecule has 0 bridgehead atoms. The molecule has 1 N–H and O–H groups in total. The molecule has 4 nitrogen and oxygen atoms in total. The maximum atomic E-state index is 12.7. The van der Waals surface area contributed by atoms with Crippen LogP contribution in [-0.4, -0.2) is 31.0 Å². The highest BCUT2D eigenvalue weighted by molar-refractivity contribution is 7.91. The van der Waals surface area contributed by atoms with Crippen LogP contribution in [0.5, 0.6) is 0 Å². The van der Waals surface area contributed by atoms with Crippen molar-refractivity contribution in [2.45, 2.75) is 17.7 Å². The normalized spacial score (nSPS) is 12.0. The maximum Gasteiger partial charge on any atom is 0.252 e. The predicted octanol–water partition coefficient (Wildman–Crippen LogP) is 2.89. The van der Waals surface area contributed by atoms with Crippen LogP contribution >= 0.6 is 22.9 Å². The Kier molecular flexibility index (Phi) is 5.40. The fourth-order valence-electron chi connectivity index (χ4n) is 1.87. The molecule has 1 aromatic carbocycles. The lowest BCUT2D eigenvalue weighted by Crippen LogP contribution is -2.32. The summed E-state index contributed by atoms with van der Waals surface area (Å²) >= 11 is 7.00. The molecule has 2 rings (SSSR count). The second-order valence-electron chi connectivity index (χ2n) is 4.57. The molecule has 0 amide bonds. The summed E-state index contributed by atoms with van der Waals surface area (Å²) < 4.78 is 27.3. The Hall–Kier alpha value is -0.920. The number of halogens is 1. The average molecular weight is 346 g/mol. The first-order valence-corrected chi connectivity index (χ1v) is 8.99. The van der Waals surface area contributed by atoms with Gasteiger partial charge in [0.2, 0.25) is 0 Å². The highest BCUT2D eigenvalue weighted by Crippen LogP contribution is 2.32. The zero-order chi connectivity index (χ0) is 15.5. The Balaban J connectivity index is 2.32. The predicted molar refractivity (Wildman–Crippen MR) is 85.2 cm³/mol. The third-order valence-electron chi connectivity index (χ3n) is 2.98. The molecule has 0 radical (unpaired) electrons. The molecule has 21 heavy (non-hydrogen) atoms. The smallest absolute Gasteiger partial charge is 0.252 e. The Labute approximate surface area is 133 Å². The van der Waals surface area contributed by atoms with Gasteiger partial charge in [0, 0.05) is 13.1 Å². The van der Waals surface area contributed by atoms with Gasteiger partial charge in [0.25, 0.3) is 10.0 Å². The first-order chi connectivity index (χ1) is 9.95. The molecular weight excluding hydrogens is 330 g/mol. The van der Waals surface area contributed by atoms with Crippen molar-refractivity contribution >= 4 is 33.0 Å². The molecule has 0 aliphatic rings. The Morgan fingerprint density at radius 3 is 2.48 bits per heavy atom. The van der Waals surface area contributed by atoms with Crippen molar-refractivity contribution < 1.29 is 13.5 Å². The lowest BCUT2D eigenvalue weighted by Gasteiger charge is -2.20. The van der Waals surface area contributed by atoms with Crippen LogP contribution < -0.4 is 0 Å². The highest BCUT2D eigenvalue weighted by atomic mass is 35.5. The summed E-state index contributed by atoms with van der Waals surface area (Å²) in [6.45, 7) is 1.81. The summed E-state index contributed by atoms with van der Waals surface area (Å²) in [5.41, 5.74) is 1.61. The van der Waals surface area contributed by atoms with Gasteiger partial charge in [-0.15, -0.1) is 11.3 Å². The van der Waals surface area contributed by atoms with Crippen molar-refractivity contribution in [1.29, 1.82) is 0 Å². The number of rotatable bonds is 6. The number of thiophene rings is 1. The van der Waals surface area contributed by atoms with Gasteiger partial charge in [-0.3, -0.25) is 0 Å². The second kappa shape index (κ2) is 6.89. The molecule has 0 spiro atoms. The summed E-state index contributed by atoms with van der Waals surface area (Å²) in [7, 11) is -3.66. The molecule has 7 heteroatoms. The fraction of sp³-hybridized carbons (Fsp3) is 0.286. The van der Waals surface area contributed by atoms with E-state index in [-0.39, 0.29) is 23.9 Å². The molecule has 0 fully saturated rings. The quantitative estimate of drug-likeness (QED) is 0.875. The van der Waals surface area contributed by atoms with Crippen molar-refractivity contribution in [1.82, 2.24) is 4.31 Å². The van der Waals surface area contributed by atoms with Gasteiger partial charge in [-0.2, -0.15) is 4.31 Å². The second-order valence-corrected chi connectivity index (χ2v) is 8.39. The van der Waals surface area contributed by atoms with Gasteiger partial charge in [-0.1, -0.05) is 41.9 Å². The topological polar surface area (TPSA) is 57.6 Å². The SMILES string of the molecule is Cc1cc(S(=O)(=O)N(CCO)Cc2ccccc2)sc1Cl. The number of aliphatic hydroxyl groups excluding tert-OH is 1. The molecule has 1 heterocycles. The van der Waals surface area contributed by atoms with E-state index in [1.807, 2.05) is 30.3 Å². The van der Waals surface area contributed by atoms with E-state index in [1.165, 1.54) is 4.31 Å². The van der Waals surface area contributed by atoms with Crippen LogP contribution in [0, 0.1) is 6.92 Å². The summed E-state index contributed by atoms with van der Waals surface area (Å²) in [4.78, 5) is 0. The number of hydrogen-bond acceptors (Lipinski definition) is 4. The minimum atomic E-state index is -3.66. The molecular formula is C14H16ClNO3S2. The minimum Gasteiger partial charge on any atom is -0.395 e. The van der Waals surface area contributed by atoms with E-state index in [4.69, 9.17) is 16.7 Å². The van der Waals surface area contributed by atoms with E-state index < -0.39 is 10.0 Å². The van der Waals surface area contributed by atoms with Gasteiger partial charge in [-0.05, 0) is 24.1 Å². The summed E-state index contributed by atoms with van der Waals surface area (Å²) in [6, 6.07) is 10.9. The largest absolute Gasteiger partial charge is 0.395 e. The van der Waals surface area contributed by atoms with Crippen molar-refractivity contribution in [2.24, 2.45) is 0 Å². The van der Waals surface area contributed by atoms with E-state index in [9.17, 15) is 8.42 Å². The van der Waals surface area contributed by atoms with Crippen LogP contribution in [0.2, 0.25) is 4.34 Å². The van der Waals surface area contributed by atoms with Crippen molar-refractivity contribution in [3.63, 3.8) is 0 Å². The highest BCUT2D eigenvalue weighted by Gasteiger charge is 2.26. The van der Waals surface area contributed by atoms with Crippen molar-refractivity contribution in [2.75, 3.05) is 13.2 Å². The molecule has 1 aromatic heterocycles. The molecule has 0 saturated heterocycles. The van der Waals surface area contributed by atoms with E-state index >= 15 is 0 Å². The lowest BCUT2D eigenvalue weighted by molar-refractivity contribution is 0.251. The molecule has 0 aliphatic heterocycles. The summed E-state index contributed by atoms with van der Waals surface area (Å²) in [6.07, 6.45) is 0. The first kappa shape index (κ1) is 16.5. The first-order valence-electron chi connectivity index (χ1n) is 6.36. The van der Waals surface area contributed by atoms with Crippen LogP contribution in [0.4, 0.5) is 0 Å². The standard InChI is InChI=1S/C14H16ClNO3S2/c1-11-9-13(20-14(11)15)21(18,19)16(7-8-17)10-12-5-3-2-4-6-12/h2-6,9,17H,7-8,10H2,1H3. The summed E-state index contributed by atoms with van der Waals surface area (Å²) in [5, 5.41) is 9.16. The lowest BCUT2D eigenvalue weighted by atomic mass is 10.2. The van der Waals surface area contributed by atoms with Crippen molar-refractivity contribution in [3.05, 3.63) is 51.9 Å². The number of sulfonamides is 1. The Morgan fingerprint density at radius 2 is 1.95 bits per heavy atom. The zero-order valence-corrected chi connectivity index (χ0v) is 13.9. The molecule has 0 saturated carbocycles. The molecule has 0 unspecified atom stereocenters. The monoisotopic (exact) mass is 345 g/mol. The number of nitrogens with zero attached hydrogens (tertiary/aromatic N) is 1. The van der Waals surface area contributed by atoms with Gasteiger partial charge in [0.1, 0.15) is 4.21 Å². The van der Waals surface area contributed by atoms with E-state index in [0.29, 0.717) is 4.34 Å². The molecule has 2 aromatic rings. The Morgan fingerprint density at radius 1 is 1.29 bits per heavy atom. The van der Waals surface area contributed by atoms with Gasteiger partial charge >= 0.3 is 0 Å². The van der Waals surface area contributed by atoms with E-state index in [2.05, 4.69) is 0 Å². The zero-order valence-electron chi connectivity index (χ0n) is 11.5. The minimum absolute atomic E-state index is 0.0474. The van der Waals surface area contributed by atoms with Gasteiger partial charge in [0.15, 0.2) is 0 Å². The van der Waals surface area contributed by atoms with Gasteiger partial charge < -0.3 is 5.11 Å². The summed E-state index contributed by atoms with van der Waals surface area (Å²) in [5.74, 6) is 0. The van der Waals surface area contributed by atoms with Gasteiger partial charge in [-0.25, -0.2) is 8.42 Å². The third kappa shape index (κ3) is 3.84. The molecule has 0 aliphatic carbocycles. The number of aliphatic hydroxyl groups is 1. The average Bonchev–Trinajstić information content (AvgIpc) is 2.80. The van der Waals surface area contributed by atoms with Crippen molar-refractivity contribution in [3.8, 4) is 0 Å². The van der Waals surface area contributed by atoms with Crippen LogP contribution in [0.15, 0.2) is 40.6 Å². The van der Waals surface area contributed by atoms with Crippen LogP contribution in [-0.2, 0) is 16.6 Å². The van der Waals surface area contributed by atoms with Crippen LogP contribution in [0.25, 0.3) is 0 Å².